The molecular formula is C28H34FN5O7. The molecule has 0 spiro atoms. The van der Waals surface area contributed by atoms with Crippen LogP contribution in [-0.4, -0.2) is 66.0 Å². The molecule has 0 atom stereocenters. The highest BCUT2D eigenvalue weighted by atomic mass is 19.1. The van der Waals surface area contributed by atoms with Crippen LogP contribution in [0.15, 0.2) is 23.0 Å². The number of carbonyl (C=O) groups excluding carboxylic acids is 4. The van der Waals surface area contributed by atoms with Gasteiger partial charge in [0.25, 0.3) is 11.5 Å². The Kier molecular flexibility index (Phi) is 8.18. The van der Waals surface area contributed by atoms with Gasteiger partial charge in [-0.15, -0.1) is 0 Å². The summed E-state index contributed by atoms with van der Waals surface area (Å²) in [7, 11) is 4.15. The molecule has 1 saturated carbocycles. The van der Waals surface area contributed by atoms with E-state index in [1.807, 2.05) is 0 Å². The Bertz CT molecular complexity index is 1460. The molecule has 41 heavy (non-hydrogen) atoms. The number of esters is 1. The molecule has 1 aromatic heterocycles. The number of benzene rings is 1. The second-order valence-corrected chi connectivity index (χ2v) is 11.0. The Labute approximate surface area is 236 Å². The number of amides is 3. The minimum absolute atomic E-state index is 0.0356. The number of hydrogen-bond acceptors (Lipinski definition) is 8. The van der Waals surface area contributed by atoms with Crippen LogP contribution in [0.25, 0.3) is 0 Å². The van der Waals surface area contributed by atoms with Gasteiger partial charge in [0.05, 0.1) is 19.3 Å². The maximum absolute atomic E-state index is 13.8. The van der Waals surface area contributed by atoms with Gasteiger partial charge in [0.2, 0.25) is 5.75 Å². The highest BCUT2D eigenvalue weighted by Crippen LogP contribution is 2.49. The molecule has 2 N–H and O–H groups in total. The molecule has 13 heteroatoms. The smallest absolute Gasteiger partial charge is 0.311 e. The number of nitrogens with one attached hydrogen (secondary N) is 2. The summed E-state index contributed by atoms with van der Waals surface area (Å²) < 4.78 is 25.7. The molecular weight excluding hydrogens is 537 g/mol. The molecule has 1 aliphatic carbocycles. The largest absolute Gasteiger partial charge is 0.489 e. The topological polar surface area (TPSA) is 149 Å². The molecule has 2 aromatic rings. The van der Waals surface area contributed by atoms with E-state index in [4.69, 9.17) is 9.47 Å². The number of nitrogens with zero attached hydrogens (tertiary/aromatic N) is 3. The lowest BCUT2D eigenvalue weighted by Gasteiger charge is -2.41. The minimum Gasteiger partial charge on any atom is -0.489 e. The van der Waals surface area contributed by atoms with Gasteiger partial charge in [-0.05, 0) is 49.8 Å². The molecule has 0 radical (unpaired) electrons. The van der Waals surface area contributed by atoms with Gasteiger partial charge in [-0.25, -0.2) is 9.37 Å². The summed E-state index contributed by atoms with van der Waals surface area (Å²) in [6, 6.07) is 4.43. The van der Waals surface area contributed by atoms with E-state index in [0.29, 0.717) is 24.0 Å². The summed E-state index contributed by atoms with van der Waals surface area (Å²) in [6.45, 7) is 3.10. The fraction of sp³-hybridized carbons (Fsp3) is 0.500. The van der Waals surface area contributed by atoms with Crippen molar-refractivity contribution in [2.24, 2.45) is 5.41 Å². The molecule has 3 heterocycles. The van der Waals surface area contributed by atoms with E-state index in [2.05, 4.69) is 15.6 Å². The molecule has 0 saturated heterocycles. The van der Waals surface area contributed by atoms with Gasteiger partial charge in [0.1, 0.15) is 11.6 Å². The van der Waals surface area contributed by atoms with Gasteiger partial charge < -0.3 is 25.0 Å². The summed E-state index contributed by atoms with van der Waals surface area (Å²) >= 11 is 0. The number of ether oxygens (including phenoxy) is 2. The quantitative estimate of drug-likeness (QED) is 0.372. The third-order valence-corrected chi connectivity index (χ3v) is 7.84. The Morgan fingerprint density at radius 3 is 2.41 bits per heavy atom. The highest BCUT2D eigenvalue weighted by molar-refractivity contribution is 6.35. The van der Waals surface area contributed by atoms with Gasteiger partial charge in [-0.3, -0.25) is 28.5 Å². The van der Waals surface area contributed by atoms with Crippen molar-refractivity contribution in [3.63, 3.8) is 0 Å². The number of methoxy groups -OCH3 is 1. The summed E-state index contributed by atoms with van der Waals surface area (Å²) in [6.07, 6.45) is 1.48. The number of aryl methyl sites for hydroxylation is 1. The molecule has 2 bridgehead atoms. The monoisotopic (exact) mass is 571 g/mol. The Hall–Kier alpha value is -4.29. The molecule has 1 fully saturated rings. The van der Waals surface area contributed by atoms with Crippen molar-refractivity contribution in [1.82, 2.24) is 25.1 Å². The Balaban J connectivity index is 1.78. The maximum atomic E-state index is 13.8. The van der Waals surface area contributed by atoms with E-state index in [9.17, 15) is 28.4 Å². The lowest BCUT2D eigenvalue weighted by molar-refractivity contribution is -0.147. The number of carbonyl (C=O) groups is 4. The van der Waals surface area contributed by atoms with Crippen molar-refractivity contribution in [1.29, 1.82) is 0 Å². The average Bonchev–Trinajstić information content (AvgIpc) is 3.15. The number of hydrogen-bond donors (Lipinski definition) is 2. The van der Waals surface area contributed by atoms with Gasteiger partial charge >= 0.3 is 17.8 Å². The molecule has 220 valence electrons. The van der Waals surface area contributed by atoms with E-state index in [0.717, 1.165) is 4.90 Å². The van der Waals surface area contributed by atoms with Crippen molar-refractivity contribution >= 4 is 23.7 Å². The van der Waals surface area contributed by atoms with Crippen molar-refractivity contribution in [2.75, 3.05) is 27.8 Å². The highest BCUT2D eigenvalue weighted by Gasteiger charge is 2.52. The summed E-state index contributed by atoms with van der Waals surface area (Å²) in [5, 5.41) is 5.51. The van der Waals surface area contributed by atoms with Crippen molar-refractivity contribution < 1.29 is 33.0 Å². The second kappa shape index (κ2) is 11.3. The van der Waals surface area contributed by atoms with Crippen LogP contribution in [0.4, 0.5) is 4.39 Å². The third-order valence-electron chi connectivity index (χ3n) is 7.84. The fourth-order valence-corrected chi connectivity index (χ4v) is 5.49. The minimum atomic E-state index is -1.24. The number of rotatable bonds is 7. The van der Waals surface area contributed by atoms with Crippen LogP contribution in [-0.2, 0) is 37.7 Å². The van der Waals surface area contributed by atoms with Crippen LogP contribution in [0.5, 0.6) is 5.75 Å². The van der Waals surface area contributed by atoms with E-state index < -0.39 is 40.2 Å². The number of aromatic nitrogens is 2. The number of halogens is 1. The summed E-state index contributed by atoms with van der Waals surface area (Å²) in [4.78, 5) is 70.0. The van der Waals surface area contributed by atoms with Gasteiger partial charge in [-0.1, -0.05) is 12.1 Å². The normalized spacial score (nSPS) is 20.8. The SMILES string of the molecule is COc1c(C(=O)NCc2ccc(F)c(C)c2)nc2n(c1=O)CC1(COC(C)=O)CCC2(NC(=O)C(=O)N(C)C)CC1. The van der Waals surface area contributed by atoms with Gasteiger partial charge in [0.15, 0.2) is 5.69 Å². The van der Waals surface area contributed by atoms with E-state index >= 15 is 0 Å². The first kappa shape index (κ1) is 29.7. The predicted octanol–water partition coefficient (Wildman–Crippen LogP) is 1.17. The van der Waals surface area contributed by atoms with Crippen molar-refractivity contribution in [3.8, 4) is 5.75 Å². The molecule has 12 nitrogen and oxygen atoms in total. The lowest BCUT2D eigenvalue weighted by atomic mass is 9.68. The standard InChI is InChI=1S/C28H34FN5O7/c1-16-12-18(6-7-19(16)29)13-30-22(36)20-21(40-5)24(38)34-14-27(15-41-17(2)35)8-10-28(11-9-27,26(34)31-20)32-23(37)25(39)33(3)4/h6-7,12H,8-11,13-15H2,1-5H3,(H,30,36)(H,32,37). The van der Waals surface area contributed by atoms with Crippen LogP contribution in [0.1, 0.15) is 60.0 Å². The zero-order chi connectivity index (χ0) is 30.1. The maximum Gasteiger partial charge on any atom is 0.311 e. The van der Waals surface area contributed by atoms with Crippen LogP contribution in [0, 0.1) is 18.2 Å². The Morgan fingerprint density at radius 2 is 1.83 bits per heavy atom. The zero-order valence-electron chi connectivity index (χ0n) is 23.8. The fourth-order valence-electron chi connectivity index (χ4n) is 5.49. The molecule has 2 aliphatic heterocycles. The van der Waals surface area contributed by atoms with Crippen molar-refractivity contribution in [3.05, 3.63) is 57.0 Å². The molecule has 3 aliphatic rings. The van der Waals surface area contributed by atoms with Crippen molar-refractivity contribution in [2.45, 2.75) is 58.2 Å². The summed E-state index contributed by atoms with van der Waals surface area (Å²) in [5.74, 6) is -3.37. The first-order valence-corrected chi connectivity index (χ1v) is 13.2. The first-order valence-electron chi connectivity index (χ1n) is 13.2. The number of fused-ring (bicyclic) bond motifs is 2. The van der Waals surface area contributed by atoms with E-state index in [1.54, 1.807) is 13.0 Å². The first-order chi connectivity index (χ1) is 19.3. The third kappa shape index (κ3) is 5.79. The Morgan fingerprint density at radius 1 is 1.15 bits per heavy atom. The number of likely N-dealkylation sites (N-methyl/N-ethyl adjacent to an activating group) is 1. The van der Waals surface area contributed by atoms with Gasteiger partial charge in [0, 0.05) is 39.5 Å². The second-order valence-electron chi connectivity index (χ2n) is 11.0. The molecule has 3 amide bonds. The van der Waals surface area contributed by atoms with Crippen LogP contribution < -0.4 is 20.9 Å². The van der Waals surface area contributed by atoms with Crippen LogP contribution >= 0.6 is 0 Å². The average molecular weight is 572 g/mol. The van der Waals surface area contributed by atoms with Crippen LogP contribution in [0.3, 0.4) is 0 Å². The van der Waals surface area contributed by atoms with Crippen LogP contribution in [0.2, 0.25) is 0 Å². The summed E-state index contributed by atoms with van der Waals surface area (Å²) in [5.41, 5.74) is -1.74. The molecule has 5 rings (SSSR count). The predicted molar refractivity (Wildman–Crippen MR) is 143 cm³/mol. The lowest BCUT2D eigenvalue weighted by Crippen LogP contribution is -2.54. The van der Waals surface area contributed by atoms with E-state index in [-0.39, 0.29) is 55.6 Å². The zero-order valence-corrected chi connectivity index (χ0v) is 23.8. The molecule has 0 unspecified atom stereocenters. The van der Waals surface area contributed by atoms with Gasteiger partial charge in [-0.2, -0.15) is 0 Å². The van der Waals surface area contributed by atoms with E-state index in [1.165, 1.54) is 44.8 Å². The molecule has 1 aromatic carbocycles.